The second kappa shape index (κ2) is 7.23. The summed E-state index contributed by atoms with van der Waals surface area (Å²) in [4.78, 5) is 41.2. The molecule has 164 valence electrons. The molecule has 3 rings (SSSR count). The van der Waals surface area contributed by atoms with Gasteiger partial charge in [0.25, 0.3) is 0 Å². The summed E-state index contributed by atoms with van der Waals surface area (Å²) in [5.74, 6) is -2.50. The van der Waals surface area contributed by atoms with Crippen LogP contribution in [-0.4, -0.2) is 70.3 Å². The maximum atomic E-state index is 13.5. The lowest BCUT2D eigenvalue weighted by atomic mass is 9.62. The molecule has 8 heteroatoms. The Morgan fingerprint density at radius 1 is 1.38 bits per heavy atom. The van der Waals surface area contributed by atoms with E-state index in [4.69, 9.17) is 9.47 Å². The molecule has 8 nitrogen and oxygen atoms in total. The van der Waals surface area contributed by atoms with E-state index >= 15 is 0 Å². The third-order valence-electron chi connectivity index (χ3n) is 6.66. The zero-order chi connectivity index (χ0) is 21.8. The van der Waals surface area contributed by atoms with Gasteiger partial charge in [0.2, 0.25) is 11.8 Å². The van der Waals surface area contributed by atoms with Crippen LogP contribution in [0.25, 0.3) is 0 Å². The molecule has 0 aromatic heterocycles. The second-order valence-electron chi connectivity index (χ2n) is 9.80. The molecule has 0 aromatic carbocycles. The maximum Gasteiger partial charge on any atom is 0.312 e. The number of carbonyl (C=O) groups is 3. The molecule has 3 unspecified atom stereocenters. The van der Waals surface area contributed by atoms with Crippen LogP contribution in [-0.2, 0) is 23.9 Å². The van der Waals surface area contributed by atoms with E-state index in [1.165, 1.54) is 4.90 Å². The second-order valence-corrected chi connectivity index (χ2v) is 9.80. The minimum absolute atomic E-state index is 0.0105. The summed E-state index contributed by atoms with van der Waals surface area (Å²) in [5, 5.41) is 12.3. The van der Waals surface area contributed by atoms with Crippen LogP contribution >= 0.6 is 0 Å². The molecule has 0 radical (unpaired) electrons. The number of hydrogen-bond donors (Lipinski definition) is 2. The van der Waals surface area contributed by atoms with Crippen LogP contribution in [0.4, 0.5) is 0 Å². The fourth-order valence-electron chi connectivity index (χ4n) is 5.55. The zero-order valence-electron chi connectivity index (χ0n) is 18.3. The van der Waals surface area contributed by atoms with Gasteiger partial charge in [-0.25, -0.2) is 0 Å². The Hall–Kier alpha value is -1.67. The molecule has 3 aliphatic rings. The van der Waals surface area contributed by atoms with Crippen molar-refractivity contribution in [1.29, 1.82) is 0 Å². The molecule has 3 saturated heterocycles. The van der Waals surface area contributed by atoms with Crippen molar-refractivity contribution in [2.24, 2.45) is 17.8 Å². The van der Waals surface area contributed by atoms with Gasteiger partial charge >= 0.3 is 5.97 Å². The highest BCUT2D eigenvalue weighted by atomic mass is 16.6. The number of nitrogens with one attached hydrogen (secondary N) is 1. The van der Waals surface area contributed by atoms with Crippen molar-refractivity contribution in [3.63, 3.8) is 0 Å². The molecule has 3 aliphatic heterocycles. The van der Waals surface area contributed by atoms with Gasteiger partial charge in [-0.3, -0.25) is 14.4 Å². The van der Waals surface area contributed by atoms with E-state index in [1.807, 2.05) is 34.6 Å². The number of rotatable bonds is 6. The van der Waals surface area contributed by atoms with Crippen LogP contribution < -0.4 is 5.32 Å². The number of hydrogen-bond acceptors (Lipinski definition) is 6. The van der Waals surface area contributed by atoms with E-state index in [9.17, 15) is 19.5 Å². The summed E-state index contributed by atoms with van der Waals surface area (Å²) in [7, 11) is 0. The van der Waals surface area contributed by atoms with Crippen LogP contribution in [0.15, 0.2) is 0 Å². The maximum absolute atomic E-state index is 13.5. The largest absolute Gasteiger partial charge is 0.466 e. The molecule has 2 bridgehead atoms. The molecule has 3 fully saturated rings. The number of nitrogens with zero attached hydrogens (tertiary/aromatic N) is 1. The molecular weight excluding hydrogens is 376 g/mol. The predicted molar refractivity (Wildman–Crippen MR) is 105 cm³/mol. The van der Waals surface area contributed by atoms with E-state index in [2.05, 4.69) is 5.32 Å². The third-order valence-corrected chi connectivity index (χ3v) is 6.66. The van der Waals surface area contributed by atoms with Gasteiger partial charge in [0.05, 0.1) is 18.1 Å². The normalized spacial score (nSPS) is 38.3. The monoisotopic (exact) mass is 410 g/mol. The SMILES string of the molecule is CCOC(=O)[C@@H]1[C@H]2C(=O)N(CCCO)C(C(=O)NC(C)(C)C)C23CC(C)[C@@]1(C)O3. The number of carbonyl (C=O) groups excluding carboxylic acids is 3. The van der Waals surface area contributed by atoms with E-state index < -0.39 is 40.6 Å². The Kier molecular flexibility index (Phi) is 5.49. The summed E-state index contributed by atoms with van der Waals surface area (Å²) in [6.07, 6.45) is 0.873. The first kappa shape index (κ1) is 22.0. The van der Waals surface area contributed by atoms with Gasteiger partial charge < -0.3 is 24.8 Å². The number of esters is 1. The van der Waals surface area contributed by atoms with E-state index in [-0.39, 0.29) is 37.5 Å². The molecule has 0 aromatic rings. The van der Waals surface area contributed by atoms with Crippen LogP contribution in [0.1, 0.15) is 54.4 Å². The van der Waals surface area contributed by atoms with Gasteiger partial charge in [-0.2, -0.15) is 0 Å². The van der Waals surface area contributed by atoms with Gasteiger partial charge in [0, 0.05) is 18.7 Å². The Morgan fingerprint density at radius 3 is 2.59 bits per heavy atom. The molecule has 0 aliphatic carbocycles. The average Bonchev–Trinajstić information content (AvgIpc) is 3.09. The minimum Gasteiger partial charge on any atom is -0.466 e. The topological polar surface area (TPSA) is 105 Å². The predicted octanol–water partition coefficient (Wildman–Crippen LogP) is 0.857. The minimum atomic E-state index is -1.06. The highest BCUT2D eigenvalue weighted by molar-refractivity contribution is 5.98. The summed E-state index contributed by atoms with van der Waals surface area (Å²) in [6, 6.07) is -0.838. The highest BCUT2D eigenvalue weighted by Crippen LogP contribution is 2.65. The highest BCUT2D eigenvalue weighted by Gasteiger charge is 2.80. The van der Waals surface area contributed by atoms with Gasteiger partial charge in [-0.15, -0.1) is 0 Å². The van der Waals surface area contributed by atoms with Crippen molar-refractivity contribution in [3.05, 3.63) is 0 Å². The quantitative estimate of drug-likeness (QED) is 0.629. The fourth-order valence-corrected chi connectivity index (χ4v) is 5.55. The number of ether oxygens (including phenoxy) is 2. The smallest absolute Gasteiger partial charge is 0.312 e. The number of aliphatic hydroxyl groups is 1. The summed E-state index contributed by atoms with van der Waals surface area (Å²) >= 11 is 0. The van der Waals surface area contributed by atoms with Gasteiger partial charge in [0.15, 0.2) is 0 Å². The molecule has 3 heterocycles. The summed E-state index contributed by atoms with van der Waals surface area (Å²) in [5.41, 5.74) is -2.40. The molecule has 0 saturated carbocycles. The fraction of sp³-hybridized carbons (Fsp3) is 0.857. The van der Waals surface area contributed by atoms with E-state index in [1.54, 1.807) is 6.92 Å². The summed E-state index contributed by atoms with van der Waals surface area (Å²) in [6.45, 7) is 11.6. The van der Waals surface area contributed by atoms with E-state index in [0.717, 1.165) is 0 Å². The van der Waals surface area contributed by atoms with Crippen molar-refractivity contribution < 1.29 is 29.0 Å². The Labute approximate surface area is 172 Å². The van der Waals surface area contributed by atoms with Gasteiger partial charge in [-0.05, 0) is 53.4 Å². The van der Waals surface area contributed by atoms with Gasteiger partial charge in [0.1, 0.15) is 17.6 Å². The zero-order valence-corrected chi connectivity index (χ0v) is 18.3. The molecule has 2 amide bonds. The van der Waals surface area contributed by atoms with Crippen LogP contribution in [0.5, 0.6) is 0 Å². The molecule has 2 N–H and O–H groups in total. The third kappa shape index (κ3) is 3.24. The van der Waals surface area contributed by atoms with Gasteiger partial charge in [-0.1, -0.05) is 6.92 Å². The first-order valence-corrected chi connectivity index (χ1v) is 10.5. The van der Waals surface area contributed by atoms with Crippen molar-refractivity contribution in [2.45, 2.75) is 77.2 Å². The van der Waals surface area contributed by atoms with Crippen molar-refractivity contribution in [2.75, 3.05) is 19.8 Å². The van der Waals surface area contributed by atoms with Crippen LogP contribution in [0.2, 0.25) is 0 Å². The molecular formula is C21H34N2O6. The summed E-state index contributed by atoms with van der Waals surface area (Å²) < 4.78 is 11.8. The first-order valence-electron chi connectivity index (χ1n) is 10.5. The number of aliphatic hydroxyl groups excluding tert-OH is 1. The van der Waals surface area contributed by atoms with Crippen molar-refractivity contribution in [1.82, 2.24) is 10.2 Å². The van der Waals surface area contributed by atoms with Crippen molar-refractivity contribution in [3.8, 4) is 0 Å². The van der Waals surface area contributed by atoms with E-state index in [0.29, 0.717) is 12.8 Å². The Morgan fingerprint density at radius 2 is 2.03 bits per heavy atom. The van der Waals surface area contributed by atoms with Crippen LogP contribution in [0.3, 0.4) is 0 Å². The first-order chi connectivity index (χ1) is 13.4. The number of likely N-dealkylation sites (tertiary alicyclic amines) is 1. The number of amides is 2. The average molecular weight is 411 g/mol. The Balaban J connectivity index is 2.07. The van der Waals surface area contributed by atoms with Crippen molar-refractivity contribution >= 4 is 17.8 Å². The lowest BCUT2D eigenvalue weighted by Crippen LogP contribution is -2.58. The van der Waals surface area contributed by atoms with Crippen LogP contribution in [0, 0.1) is 17.8 Å². The molecule has 29 heavy (non-hydrogen) atoms. The molecule has 6 atom stereocenters. The molecule has 1 spiro atoms. The lowest BCUT2D eigenvalue weighted by Gasteiger charge is -2.36. The lowest BCUT2D eigenvalue weighted by molar-refractivity contribution is -0.161. The standard InChI is InChI=1S/C21H34N2O6/c1-7-28-18(27)14-13-17(26)23(9-8-10-24)15(16(25)22-19(3,4)5)21(13)11-12(2)20(14,6)29-21/h12-15,24H,7-11H2,1-6H3,(H,22,25)/t12?,13-,14-,15?,20+,21?/m0/s1. The Bertz CT molecular complexity index is 704. The number of fused-ring (bicyclic) bond motifs is 1.